The van der Waals surface area contributed by atoms with E-state index >= 15 is 0 Å². The zero-order valence-corrected chi connectivity index (χ0v) is 12.6. The molecular formula is C14H23N3O2. The van der Waals surface area contributed by atoms with E-state index in [1.165, 1.54) is 7.11 Å². The van der Waals surface area contributed by atoms with E-state index in [9.17, 15) is 4.79 Å². The number of carbonyl (C=O) groups is 1. The summed E-state index contributed by atoms with van der Waals surface area (Å²) in [5.41, 5.74) is 0.907. The number of nitrogens with zero attached hydrogens (tertiary/aromatic N) is 3. The van der Waals surface area contributed by atoms with Gasteiger partial charge in [0.2, 0.25) is 0 Å². The van der Waals surface area contributed by atoms with Crippen molar-refractivity contribution in [3.63, 3.8) is 0 Å². The Morgan fingerprint density at radius 2 is 1.95 bits per heavy atom. The first kappa shape index (κ1) is 15.4. The van der Waals surface area contributed by atoms with Gasteiger partial charge in [0, 0.05) is 23.7 Å². The Kier molecular flexibility index (Phi) is 5.27. The van der Waals surface area contributed by atoms with Crippen molar-refractivity contribution in [1.82, 2.24) is 9.97 Å². The molecule has 0 aliphatic rings. The first-order valence-electron chi connectivity index (χ1n) is 6.54. The maximum Gasteiger partial charge on any atom is 0.325 e. The molecule has 1 heterocycles. The largest absolute Gasteiger partial charge is 0.468 e. The van der Waals surface area contributed by atoms with E-state index in [1.807, 2.05) is 31.7 Å². The van der Waals surface area contributed by atoms with Gasteiger partial charge >= 0.3 is 5.97 Å². The normalized spacial score (nSPS) is 10.9. The van der Waals surface area contributed by atoms with Crippen molar-refractivity contribution >= 4 is 11.8 Å². The van der Waals surface area contributed by atoms with E-state index in [2.05, 4.69) is 23.8 Å². The number of carbonyl (C=O) groups excluding carboxylic acids is 1. The molecule has 5 nitrogen and oxygen atoms in total. The molecule has 106 valence electrons. The number of hydrogen-bond donors (Lipinski definition) is 0. The quantitative estimate of drug-likeness (QED) is 0.765. The summed E-state index contributed by atoms with van der Waals surface area (Å²) in [6.07, 6.45) is 0. The zero-order chi connectivity index (χ0) is 14.6. The van der Waals surface area contributed by atoms with E-state index < -0.39 is 0 Å². The van der Waals surface area contributed by atoms with Gasteiger partial charge in [-0.25, -0.2) is 9.97 Å². The van der Waals surface area contributed by atoms with Gasteiger partial charge in [-0.05, 0) is 20.8 Å². The maximum absolute atomic E-state index is 11.5. The van der Waals surface area contributed by atoms with Crippen LogP contribution in [0.3, 0.4) is 0 Å². The second-order valence-corrected chi connectivity index (χ2v) is 5.18. The standard InChI is InChI=1S/C14H23N3O2/c1-9(2)14-15-11(5)7-12(16-14)17(10(3)4)8-13(18)19-6/h7,9-10H,8H2,1-6H3. The molecule has 0 atom stereocenters. The summed E-state index contributed by atoms with van der Waals surface area (Å²) in [5.74, 6) is 1.56. The van der Waals surface area contributed by atoms with Gasteiger partial charge in [0.1, 0.15) is 18.2 Å². The number of rotatable bonds is 5. The van der Waals surface area contributed by atoms with Crippen LogP contribution in [0.4, 0.5) is 5.82 Å². The van der Waals surface area contributed by atoms with Crippen LogP contribution < -0.4 is 4.90 Å². The molecule has 0 unspecified atom stereocenters. The molecule has 0 saturated heterocycles. The van der Waals surface area contributed by atoms with Crippen molar-refractivity contribution in [1.29, 1.82) is 0 Å². The van der Waals surface area contributed by atoms with Crippen molar-refractivity contribution in [3.8, 4) is 0 Å². The molecule has 0 fully saturated rings. The molecule has 1 rings (SSSR count). The fraction of sp³-hybridized carbons (Fsp3) is 0.643. The lowest BCUT2D eigenvalue weighted by molar-refractivity contribution is -0.139. The minimum absolute atomic E-state index is 0.161. The minimum atomic E-state index is -0.268. The summed E-state index contributed by atoms with van der Waals surface area (Å²) in [5, 5.41) is 0. The number of aryl methyl sites for hydroxylation is 1. The van der Waals surface area contributed by atoms with E-state index in [1.54, 1.807) is 0 Å². The molecule has 0 bridgehead atoms. The lowest BCUT2D eigenvalue weighted by Gasteiger charge is -2.27. The smallest absolute Gasteiger partial charge is 0.325 e. The van der Waals surface area contributed by atoms with Gasteiger partial charge < -0.3 is 9.64 Å². The molecule has 0 saturated carbocycles. The number of hydrogen-bond acceptors (Lipinski definition) is 5. The Bertz CT molecular complexity index is 444. The Balaban J connectivity index is 3.11. The van der Waals surface area contributed by atoms with Crippen molar-refractivity contribution in [2.24, 2.45) is 0 Å². The first-order valence-corrected chi connectivity index (χ1v) is 6.54. The lowest BCUT2D eigenvalue weighted by atomic mass is 10.2. The number of ether oxygens (including phenoxy) is 1. The summed E-state index contributed by atoms with van der Waals surface area (Å²) >= 11 is 0. The number of aromatic nitrogens is 2. The third-order valence-electron chi connectivity index (χ3n) is 2.82. The average Bonchev–Trinajstić information content (AvgIpc) is 2.34. The summed E-state index contributed by atoms with van der Waals surface area (Å²) < 4.78 is 4.74. The van der Waals surface area contributed by atoms with Crippen LogP contribution in [-0.4, -0.2) is 35.6 Å². The Labute approximate surface area is 115 Å². The van der Waals surface area contributed by atoms with Crippen LogP contribution in [0.1, 0.15) is 45.1 Å². The topological polar surface area (TPSA) is 55.3 Å². The number of methoxy groups -OCH3 is 1. The molecule has 0 amide bonds. The van der Waals surface area contributed by atoms with Crippen molar-refractivity contribution in [3.05, 3.63) is 17.6 Å². The molecule has 0 aromatic carbocycles. The van der Waals surface area contributed by atoms with Crippen LogP contribution in [0, 0.1) is 6.92 Å². The zero-order valence-electron chi connectivity index (χ0n) is 12.6. The molecular weight excluding hydrogens is 242 g/mol. The van der Waals surface area contributed by atoms with Crippen molar-refractivity contribution in [2.45, 2.75) is 46.6 Å². The van der Waals surface area contributed by atoms with E-state index in [4.69, 9.17) is 4.74 Å². The highest BCUT2D eigenvalue weighted by Gasteiger charge is 2.18. The fourth-order valence-electron chi connectivity index (χ4n) is 1.71. The summed E-state index contributed by atoms with van der Waals surface area (Å²) in [6.45, 7) is 10.3. The Morgan fingerprint density at radius 1 is 1.32 bits per heavy atom. The molecule has 5 heteroatoms. The summed E-state index contributed by atoms with van der Waals surface area (Å²) in [6, 6.07) is 2.06. The van der Waals surface area contributed by atoms with Gasteiger partial charge in [0.05, 0.1) is 7.11 Å². The maximum atomic E-state index is 11.5. The third-order valence-corrected chi connectivity index (χ3v) is 2.82. The molecule has 19 heavy (non-hydrogen) atoms. The SMILES string of the molecule is COC(=O)CN(c1cc(C)nc(C(C)C)n1)C(C)C. The molecule has 1 aromatic rings. The second-order valence-electron chi connectivity index (χ2n) is 5.18. The summed E-state index contributed by atoms with van der Waals surface area (Å²) in [4.78, 5) is 22.4. The molecule has 0 aliphatic carbocycles. The minimum Gasteiger partial charge on any atom is -0.468 e. The molecule has 0 radical (unpaired) electrons. The Hall–Kier alpha value is -1.65. The van der Waals surface area contributed by atoms with Crippen LogP contribution in [0.5, 0.6) is 0 Å². The van der Waals surface area contributed by atoms with Crippen molar-refractivity contribution in [2.75, 3.05) is 18.6 Å². The monoisotopic (exact) mass is 265 g/mol. The lowest BCUT2D eigenvalue weighted by Crippen LogP contribution is -2.37. The van der Waals surface area contributed by atoms with Crippen LogP contribution in [0.2, 0.25) is 0 Å². The van der Waals surface area contributed by atoms with Gasteiger partial charge in [-0.3, -0.25) is 4.79 Å². The van der Waals surface area contributed by atoms with Crippen LogP contribution in [-0.2, 0) is 9.53 Å². The van der Waals surface area contributed by atoms with Crippen molar-refractivity contribution < 1.29 is 9.53 Å². The highest BCUT2D eigenvalue weighted by molar-refractivity contribution is 5.75. The van der Waals surface area contributed by atoms with E-state index in [-0.39, 0.29) is 24.5 Å². The van der Waals surface area contributed by atoms with Gasteiger partial charge in [-0.1, -0.05) is 13.8 Å². The van der Waals surface area contributed by atoms with Gasteiger partial charge in [-0.2, -0.15) is 0 Å². The van der Waals surface area contributed by atoms with Crippen LogP contribution in [0.15, 0.2) is 6.07 Å². The second kappa shape index (κ2) is 6.50. The third kappa shape index (κ3) is 4.19. The molecule has 1 aromatic heterocycles. The van der Waals surface area contributed by atoms with E-state index in [0.717, 1.165) is 17.3 Å². The number of esters is 1. The first-order chi connectivity index (χ1) is 8.85. The molecule has 0 aliphatic heterocycles. The predicted molar refractivity (Wildman–Crippen MR) is 75.4 cm³/mol. The van der Waals surface area contributed by atoms with Crippen LogP contribution in [0.25, 0.3) is 0 Å². The highest BCUT2D eigenvalue weighted by Crippen LogP contribution is 2.19. The fourth-order valence-corrected chi connectivity index (χ4v) is 1.71. The van der Waals surface area contributed by atoms with Crippen LogP contribution >= 0.6 is 0 Å². The highest BCUT2D eigenvalue weighted by atomic mass is 16.5. The number of anilines is 1. The molecule has 0 spiro atoms. The summed E-state index contributed by atoms with van der Waals surface area (Å²) in [7, 11) is 1.39. The van der Waals surface area contributed by atoms with Gasteiger partial charge in [0.25, 0.3) is 0 Å². The molecule has 0 N–H and O–H groups in total. The predicted octanol–water partition coefficient (Wildman–Crippen LogP) is 2.30. The van der Waals surface area contributed by atoms with Gasteiger partial charge in [0.15, 0.2) is 0 Å². The average molecular weight is 265 g/mol. The Morgan fingerprint density at radius 3 is 2.42 bits per heavy atom. The van der Waals surface area contributed by atoms with E-state index in [0.29, 0.717) is 0 Å². The van der Waals surface area contributed by atoms with Gasteiger partial charge in [-0.15, -0.1) is 0 Å².